The van der Waals surface area contributed by atoms with Crippen molar-refractivity contribution in [1.82, 2.24) is 24.7 Å². The Bertz CT molecular complexity index is 1460. The van der Waals surface area contributed by atoms with E-state index in [1.54, 1.807) is 30.8 Å². The second-order valence-corrected chi connectivity index (χ2v) is 8.25. The van der Waals surface area contributed by atoms with Crippen molar-refractivity contribution in [1.29, 1.82) is 0 Å². The third-order valence-corrected chi connectivity index (χ3v) is 5.42. The van der Waals surface area contributed by atoms with Gasteiger partial charge in [0.15, 0.2) is 5.82 Å². The van der Waals surface area contributed by atoms with E-state index in [2.05, 4.69) is 41.3 Å². The van der Waals surface area contributed by atoms with Gasteiger partial charge in [-0.25, -0.2) is 14.8 Å². The molecule has 0 aliphatic rings. The van der Waals surface area contributed by atoms with Crippen molar-refractivity contribution in [3.05, 3.63) is 70.9 Å². The maximum Gasteiger partial charge on any atom is 0.417 e. The lowest BCUT2D eigenvalue weighted by molar-refractivity contribution is -0.137. The van der Waals surface area contributed by atoms with Crippen LogP contribution < -0.4 is 21.3 Å². The molecule has 4 N–H and O–H groups in total. The molecule has 2 amide bonds. The zero-order valence-electron chi connectivity index (χ0n) is 19.8. The average Bonchev–Trinajstić information content (AvgIpc) is 3.21. The van der Waals surface area contributed by atoms with Crippen LogP contribution in [0.1, 0.15) is 17.0 Å². The Morgan fingerprint density at radius 2 is 1.76 bits per heavy atom. The van der Waals surface area contributed by atoms with Crippen molar-refractivity contribution in [2.45, 2.75) is 20.0 Å². The van der Waals surface area contributed by atoms with Gasteiger partial charge in [-0.1, -0.05) is 11.6 Å². The van der Waals surface area contributed by atoms with Crippen LogP contribution in [0.5, 0.6) is 0 Å². The molecule has 1 aromatic carbocycles. The number of nitrogens with one attached hydrogen (secondary N) is 4. The molecule has 0 unspecified atom stereocenters. The number of alkyl halides is 3. The third kappa shape index (κ3) is 6.06. The first-order valence-electron chi connectivity index (χ1n) is 10.8. The van der Waals surface area contributed by atoms with Crippen molar-refractivity contribution in [3.8, 4) is 5.82 Å². The molecule has 3 aromatic heterocycles. The van der Waals surface area contributed by atoms with Gasteiger partial charge >= 0.3 is 12.2 Å². The fraction of sp³-hybridized carbons (Fsp3) is 0.174. The first kappa shape index (κ1) is 25.7. The normalized spacial score (nSPS) is 11.2. The lowest BCUT2D eigenvalue weighted by Crippen LogP contribution is -2.20. The molecule has 0 radical (unpaired) electrons. The number of amides is 2. The van der Waals surface area contributed by atoms with Crippen molar-refractivity contribution in [3.63, 3.8) is 0 Å². The summed E-state index contributed by atoms with van der Waals surface area (Å²) in [6.45, 7) is 3.60. The highest BCUT2D eigenvalue weighted by molar-refractivity contribution is 6.31. The molecule has 0 saturated carbocycles. The Balaban J connectivity index is 1.53. The van der Waals surface area contributed by atoms with Crippen LogP contribution in [-0.4, -0.2) is 37.8 Å². The molecule has 0 spiro atoms. The van der Waals surface area contributed by atoms with Crippen molar-refractivity contribution in [2.24, 2.45) is 0 Å². The number of halogens is 4. The molecule has 0 atom stereocenters. The van der Waals surface area contributed by atoms with E-state index >= 15 is 0 Å². The molecule has 0 aliphatic heterocycles. The third-order valence-electron chi connectivity index (χ3n) is 5.09. The Kier molecular flexibility index (Phi) is 7.16. The zero-order chi connectivity index (χ0) is 26.7. The molecule has 10 nitrogen and oxygen atoms in total. The van der Waals surface area contributed by atoms with Crippen molar-refractivity contribution in [2.75, 3.05) is 28.3 Å². The summed E-state index contributed by atoms with van der Waals surface area (Å²) in [6.07, 6.45) is -1.82. The maximum absolute atomic E-state index is 13.1. The summed E-state index contributed by atoms with van der Waals surface area (Å²) in [5.74, 6) is 1.73. The van der Waals surface area contributed by atoms with E-state index in [9.17, 15) is 18.0 Å². The number of anilines is 5. The number of nitrogens with zero attached hydrogens (tertiary/aromatic N) is 5. The zero-order valence-corrected chi connectivity index (χ0v) is 20.5. The lowest BCUT2D eigenvalue weighted by Gasteiger charge is -2.14. The van der Waals surface area contributed by atoms with Crippen LogP contribution in [0.15, 0.2) is 48.9 Å². The van der Waals surface area contributed by atoms with Crippen LogP contribution in [0.2, 0.25) is 5.02 Å². The van der Waals surface area contributed by atoms with E-state index in [0.717, 1.165) is 17.8 Å². The second kappa shape index (κ2) is 10.3. The number of benzene rings is 1. The smallest absolute Gasteiger partial charge is 0.373 e. The number of carbonyl (C=O) groups is 1. The number of hydrogen-bond donors (Lipinski definition) is 4. The standard InChI is InChI=1S/C23H21ClF3N9O/c1-12-6-21(36(35-12)20-9-19(28-3)30-11-31-20)34-18-8-15(10-29-13(18)2)33-22(37)32-14-4-5-17(24)16(7-14)23(25,26)27/h4-11,34H,1-3H3,(H,28,30,31)(H2,32,33,37). The number of urea groups is 1. The van der Waals surface area contributed by atoms with Gasteiger partial charge in [0.05, 0.1) is 39.5 Å². The highest BCUT2D eigenvalue weighted by atomic mass is 35.5. The molecular weight excluding hydrogens is 511 g/mol. The molecule has 0 bridgehead atoms. The first-order chi connectivity index (χ1) is 17.5. The van der Waals surface area contributed by atoms with Crippen LogP contribution in [0.4, 0.5) is 46.7 Å². The van der Waals surface area contributed by atoms with Gasteiger partial charge in [0.1, 0.15) is 18.0 Å². The van der Waals surface area contributed by atoms with Crippen LogP contribution in [0, 0.1) is 13.8 Å². The first-order valence-corrected chi connectivity index (χ1v) is 11.2. The second-order valence-electron chi connectivity index (χ2n) is 7.85. The summed E-state index contributed by atoms with van der Waals surface area (Å²) < 4.78 is 40.9. The predicted molar refractivity (Wildman–Crippen MR) is 135 cm³/mol. The average molecular weight is 532 g/mol. The fourth-order valence-corrected chi connectivity index (χ4v) is 3.57. The number of hydrogen-bond acceptors (Lipinski definition) is 7. The highest BCUT2D eigenvalue weighted by Gasteiger charge is 2.33. The summed E-state index contributed by atoms with van der Waals surface area (Å²) >= 11 is 5.63. The van der Waals surface area contributed by atoms with Crippen LogP contribution in [-0.2, 0) is 6.18 Å². The molecule has 0 fully saturated rings. The summed E-state index contributed by atoms with van der Waals surface area (Å²) in [7, 11) is 1.74. The number of rotatable bonds is 6. The Hall–Kier alpha value is -4.39. The molecule has 0 aliphatic carbocycles. The minimum Gasteiger partial charge on any atom is -0.373 e. The minimum absolute atomic E-state index is 0.0715. The number of pyridine rings is 1. The van der Waals surface area contributed by atoms with Crippen LogP contribution in [0.3, 0.4) is 0 Å². The molecule has 3 heterocycles. The largest absolute Gasteiger partial charge is 0.417 e. The van der Waals surface area contributed by atoms with Gasteiger partial charge in [-0.2, -0.15) is 23.0 Å². The van der Waals surface area contributed by atoms with E-state index in [1.165, 1.54) is 18.6 Å². The fourth-order valence-electron chi connectivity index (χ4n) is 3.34. The van der Waals surface area contributed by atoms with Gasteiger partial charge in [0.25, 0.3) is 0 Å². The number of aryl methyl sites for hydroxylation is 2. The molecule has 14 heteroatoms. The van der Waals surface area contributed by atoms with E-state index < -0.39 is 22.8 Å². The number of aromatic nitrogens is 5. The molecule has 192 valence electrons. The van der Waals surface area contributed by atoms with Gasteiger partial charge in [-0.05, 0) is 38.1 Å². The van der Waals surface area contributed by atoms with Gasteiger partial charge in [0, 0.05) is 24.9 Å². The Labute approximate surface area is 214 Å². The van der Waals surface area contributed by atoms with E-state index in [4.69, 9.17) is 11.6 Å². The molecule has 0 saturated heterocycles. The van der Waals surface area contributed by atoms with E-state index in [-0.39, 0.29) is 5.69 Å². The quantitative estimate of drug-likeness (QED) is 0.249. The maximum atomic E-state index is 13.1. The monoisotopic (exact) mass is 531 g/mol. The van der Waals surface area contributed by atoms with E-state index in [1.807, 2.05) is 13.0 Å². The van der Waals surface area contributed by atoms with Crippen LogP contribution >= 0.6 is 11.6 Å². The summed E-state index contributed by atoms with van der Waals surface area (Å²) in [4.78, 5) is 25.1. The predicted octanol–water partition coefficient (Wildman–Crippen LogP) is 5.78. The van der Waals surface area contributed by atoms with Crippen LogP contribution in [0.25, 0.3) is 5.82 Å². The molecular formula is C23H21ClF3N9O. The van der Waals surface area contributed by atoms with Gasteiger partial charge in [-0.15, -0.1) is 0 Å². The highest BCUT2D eigenvalue weighted by Crippen LogP contribution is 2.36. The van der Waals surface area contributed by atoms with Gasteiger partial charge in [0.2, 0.25) is 0 Å². The molecule has 4 aromatic rings. The van der Waals surface area contributed by atoms with Gasteiger partial charge < -0.3 is 21.3 Å². The molecule has 4 rings (SSSR count). The van der Waals surface area contributed by atoms with Crippen molar-refractivity contribution < 1.29 is 18.0 Å². The summed E-state index contributed by atoms with van der Waals surface area (Å²) in [5.41, 5.74) is 1.10. The summed E-state index contributed by atoms with van der Waals surface area (Å²) in [5, 5.41) is 15.1. The summed E-state index contributed by atoms with van der Waals surface area (Å²) in [6, 6.07) is 7.52. The van der Waals surface area contributed by atoms with Gasteiger partial charge in [-0.3, -0.25) is 4.98 Å². The topological polar surface area (TPSA) is 122 Å². The SMILES string of the molecule is CNc1cc(-n2nc(C)cc2Nc2cc(NC(=O)Nc3ccc(Cl)c(C(F)(F)F)c3)cnc2C)ncn1. The molecule has 37 heavy (non-hydrogen) atoms. The van der Waals surface area contributed by atoms with Crippen molar-refractivity contribution >= 4 is 46.3 Å². The number of carbonyl (C=O) groups excluding carboxylic acids is 1. The lowest BCUT2D eigenvalue weighted by atomic mass is 10.2. The Morgan fingerprint density at radius 1 is 1.00 bits per heavy atom. The Morgan fingerprint density at radius 3 is 2.49 bits per heavy atom. The minimum atomic E-state index is -4.65. The van der Waals surface area contributed by atoms with E-state index in [0.29, 0.717) is 34.5 Å².